The Morgan fingerprint density at radius 3 is 2.53 bits per heavy atom. The summed E-state index contributed by atoms with van der Waals surface area (Å²) in [6.45, 7) is 9.67. The van der Waals surface area contributed by atoms with Gasteiger partial charge in [0.1, 0.15) is 0 Å². The normalized spacial score (nSPS) is 11.1. The maximum atomic E-state index is 13.2. The molecule has 0 aliphatic heterocycles. The number of carbonyl (C=O) groups is 1. The molecule has 0 radical (unpaired) electrons. The van der Waals surface area contributed by atoms with Gasteiger partial charge >= 0.3 is 0 Å². The van der Waals surface area contributed by atoms with Gasteiger partial charge in [0, 0.05) is 23.2 Å². The lowest BCUT2D eigenvalue weighted by Gasteiger charge is -2.13. The molecule has 162 valence electrons. The van der Waals surface area contributed by atoms with E-state index < -0.39 is 0 Å². The van der Waals surface area contributed by atoms with E-state index >= 15 is 0 Å². The number of carbonyl (C=O) groups excluding carboxylic acids is 1. The molecule has 3 heterocycles. The van der Waals surface area contributed by atoms with Crippen LogP contribution in [0.15, 0.2) is 42.7 Å². The van der Waals surface area contributed by atoms with Crippen molar-refractivity contribution in [3.63, 3.8) is 0 Å². The highest BCUT2D eigenvalue weighted by Crippen LogP contribution is 2.25. The van der Waals surface area contributed by atoms with Crippen LogP contribution >= 0.6 is 0 Å². The fourth-order valence-electron chi connectivity index (χ4n) is 3.29. The third-order valence-electron chi connectivity index (χ3n) is 4.94. The lowest BCUT2D eigenvalue weighted by molar-refractivity contribution is 0.102. The quantitative estimate of drug-likeness (QED) is 0.514. The van der Waals surface area contributed by atoms with Gasteiger partial charge in [-0.2, -0.15) is 4.68 Å². The van der Waals surface area contributed by atoms with Crippen molar-refractivity contribution in [2.75, 3.05) is 5.32 Å². The number of amides is 1. The van der Waals surface area contributed by atoms with E-state index in [0.717, 1.165) is 22.5 Å². The van der Waals surface area contributed by atoms with Gasteiger partial charge in [-0.1, -0.05) is 19.9 Å². The minimum absolute atomic E-state index is 0.105. The van der Waals surface area contributed by atoms with Crippen LogP contribution in [-0.2, 0) is 0 Å². The van der Waals surface area contributed by atoms with Crippen LogP contribution in [-0.4, -0.2) is 41.1 Å². The first-order chi connectivity index (χ1) is 15.3. The summed E-state index contributed by atoms with van der Waals surface area (Å²) in [5.41, 5.74) is 5.13. The summed E-state index contributed by atoms with van der Waals surface area (Å²) in [6.07, 6.45) is 3.42. The number of hydrogen-bond donors (Lipinski definition) is 1. The summed E-state index contributed by atoms with van der Waals surface area (Å²) in [4.78, 5) is 26.4. The Morgan fingerprint density at radius 1 is 1.03 bits per heavy atom. The Balaban J connectivity index is 1.80. The van der Waals surface area contributed by atoms with Crippen molar-refractivity contribution in [1.82, 2.24) is 35.2 Å². The monoisotopic (exact) mass is 428 g/mol. The molecule has 1 aromatic carbocycles. The molecule has 32 heavy (non-hydrogen) atoms. The molecule has 0 spiro atoms. The van der Waals surface area contributed by atoms with Crippen LogP contribution in [0.4, 0.5) is 5.82 Å². The largest absolute Gasteiger partial charge is 0.305 e. The lowest BCUT2D eigenvalue weighted by Crippen LogP contribution is -2.16. The predicted octanol–water partition coefficient (Wildman–Crippen LogP) is 3.82. The van der Waals surface area contributed by atoms with Crippen LogP contribution in [0.3, 0.4) is 0 Å². The van der Waals surface area contributed by atoms with Crippen LogP contribution in [0.25, 0.3) is 16.9 Å². The smallest absolute Gasteiger partial charge is 0.256 e. The van der Waals surface area contributed by atoms with E-state index in [1.54, 1.807) is 29.2 Å². The lowest BCUT2D eigenvalue weighted by atomic mass is 10.0. The molecule has 0 aliphatic carbocycles. The molecule has 0 saturated heterocycles. The number of benzene rings is 1. The van der Waals surface area contributed by atoms with E-state index in [1.165, 1.54) is 0 Å². The van der Waals surface area contributed by atoms with Gasteiger partial charge in [-0.3, -0.25) is 14.8 Å². The Kier molecular flexibility index (Phi) is 5.72. The summed E-state index contributed by atoms with van der Waals surface area (Å²) < 4.78 is 1.65. The molecule has 9 nitrogen and oxygen atoms in total. The molecule has 0 aliphatic rings. The molecule has 0 fully saturated rings. The molecular weight excluding hydrogens is 404 g/mol. The SMILES string of the molecule is Cc1ccc(-c2cc(C(=O)Nc3ncc(C)nc3C)cc(-n3nnnc3C(C)C)c2)nc1. The van der Waals surface area contributed by atoms with Gasteiger partial charge in [0.05, 0.1) is 29.0 Å². The summed E-state index contributed by atoms with van der Waals surface area (Å²) >= 11 is 0. The molecule has 0 atom stereocenters. The van der Waals surface area contributed by atoms with Gasteiger partial charge in [0.15, 0.2) is 11.6 Å². The molecule has 4 aromatic rings. The van der Waals surface area contributed by atoms with E-state index in [4.69, 9.17) is 0 Å². The van der Waals surface area contributed by atoms with Gasteiger partial charge < -0.3 is 5.32 Å². The zero-order valence-electron chi connectivity index (χ0n) is 18.7. The highest BCUT2D eigenvalue weighted by Gasteiger charge is 2.17. The maximum Gasteiger partial charge on any atom is 0.256 e. The summed E-state index contributed by atoms with van der Waals surface area (Å²) in [5, 5.41) is 15.0. The van der Waals surface area contributed by atoms with Crippen molar-refractivity contribution in [1.29, 1.82) is 0 Å². The van der Waals surface area contributed by atoms with Crippen molar-refractivity contribution in [3.05, 3.63) is 71.1 Å². The molecule has 3 aromatic heterocycles. The molecule has 1 N–H and O–H groups in total. The average molecular weight is 429 g/mol. The number of anilines is 1. The first kappa shape index (κ1) is 21.2. The van der Waals surface area contributed by atoms with Gasteiger partial charge in [-0.25, -0.2) is 4.98 Å². The van der Waals surface area contributed by atoms with E-state index in [1.807, 2.05) is 52.8 Å². The molecule has 4 rings (SSSR count). The number of nitrogens with zero attached hydrogens (tertiary/aromatic N) is 7. The van der Waals surface area contributed by atoms with Crippen LogP contribution in [0.5, 0.6) is 0 Å². The fraction of sp³-hybridized carbons (Fsp3) is 0.261. The van der Waals surface area contributed by atoms with Crippen molar-refractivity contribution in [3.8, 4) is 16.9 Å². The highest BCUT2D eigenvalue weighted by molar-refractivity contribution is 6.05. The van der Waals surface area contributed by atoms with Gasteiger partial charge in [0.2, 0.25) is 0 Å². The predicted molar refractivity (Wildman–Crippen MR) is 121 cm³/mol. The highest BCUT2D eigenvalue weighted by atomic mass is 16.1. The standard InChI is InChI=1S/C23H24N8O/c1-13(2)22-28-29-30-31(22)19-9-17(20-7-6-14(3)11-24-20)8-18(10-19)23(32)27-21-16(5)26-15(4)12-25-21/h6-13H,1-5H3,(H,25,27,32). The van der Waals surface area contributed by atoms with E-state index in [9.17, 15) is 4.79 Å². The Bertz CT molecular complexity index is 1280. The van der Waals surface area contributed by atoms with Crippen LogP contribution in [0.1, 0.15) is 52.9 Å². The van der Waals surface area contributed by atoms with E-state index in [-0.39, 0.29) is 11.8 Å². The fourth-order valence-corrected chi connectivity index (χ4v) is 3.29. The number of tetrazole rings is 1. The Morgan fingerprint density at radius 2 is 1.84 bits per heavy atom. The maximum absolute atomic E-state index is 13.2. The van der Waals surface area contributed by atoms with Crippen molar-refractivity contribution in [2.24, 2.45) is 0 Å². The third kappa shape index (κ3) is 4.36. The van der Waals surface area contributed by atoms with E-state index in [0.29, 0.717) is 28.6 Å². The molecule has 0 saturated carbocycles. The number of aromatic nitrogens is 7. The molecule has 0 unspecified atom stereocenters. The second-order valence-electron chi connectivity index (χ2n) is 7.99. The summed E-state index contributed by atoms with van der Waals surface area (Å²) in [6, 6.07) is 9.39. The van der Waals surface area contributed by atoms with Crippen molar-refractivity contribution in [2.45, 2.75) is 40.5 Å². The molecule has 9 heteroatoms. The van der Waals surface area contributed by atoms with Crippen LogP contribution in [0.2, 0.25) is 0 Å². The minimum atomic E-state index is -0.305. The number of hydrogen-bond acceptors (Lipinski definition) is 7. The first-order valence-electron chi connectivity index (χ1n) is 10.3. The molecule has 1 amide bonds. The minimum Gasteiger partial charge on any atom is -0.305 e. The average Bonchev–Trinajstić information content (AvgIpc) is 3.26. The molecule has 0 bridgehead atoms. The number of rotatable bonds is 5. The second-order valence-corrected chi connectivity index (χ2v) is 7.99. The third-order valence-corrected chi connectivity index (χ3v) is 4.94. The van der Waals surface area contributed by atoms with Crippen LogP contribution in [0, 0.1) is 20.8 Å². The van der Waals surface area contributed by atoms with Crippen molar-refractivity contribution >= 4 is 11.7 Å². The van der Waals surface area contributed by atoms with Gasteiger partial charge in [-0.05, 0) is 61.0 Å². The summed E-state index contributed by atoms with van der Waals surface area (Å²) in [5.74, 6) is 0.923. The Labute approximate surface area is 186 Å². The Hall–Kier alpha value is -4.01. The van der Waals surface area contributed by atoms with Gasteiger partial charge in [-0.15, -0.1) is 5.10 Å². The number of pyridine rings is 1. The van der Waals surface area contributed by atoms with Crippen LogP contribution < -0.4 is 5.32 Å². The second kappa shape index (κ2) is 8.62. The molecular formula is C23H24N8O. The number of aryl methyl sites for hydroxylation is 3. The first-order valence-corrected chi connectivity index (χ1v) is 10.3. The number of nitrogens with one attached hydrogen (secondary N) is 1. The zero-order valence-corrected chi connectivity index (χ0v) is 18.7. The van der Waals surface area contributed by atoms with E-state index in [2.05, 4.69) is 35.8 Å². The zero-order chi connectivity index (χ0) is 22.8. The van der Waals surface area contributed by atoms with Crippen molar-refractivity contribution < 1.29 is 4.79 Å². The topological polar surface area (TPSA) is 111 Å². The summed E-state index contributed by atoms with van der Waals surface area (Å²) in [7, 11) is 0. The van der Waals surface area contributed by atoms with Gasteiger partial charge in [0.25, 0.3) is 5.91 Å².